The van der Waals surface area contributed by atoms with Crippen LogP contribution in [0.15, 0.2) is 48.1 Å². The fourth-order valence-corrected chi connectivity index (χ4v) is 6.34. The summed E-state index contributed by atoms with van der Waals surface area (Å²) in [5, 5.41) is 3.15. The molecule has 1 aliphatic heterocycles. The summed E-state index contributed by atoms with van der Waals surface area (Å²) in [6.07, 6.45) is 10.1. The highest BCUT2D eigenvalue weighted by Crippen LogP contribution is 2.52. The summed E-state index contributed by atoms with van der Waals surface area (Å²) < 4.78 is 5.39. The van der Waals surface area contributed by atoms with Gasteiger partial charge in [-0.1, -0.05) is 42.9 Å². The molecule has 4 aliphatic rings. The molecule has 1 amide bonds. The van der Waals surface area contributed by atoms with Crippen molar-refractivity contribution in [2.24, 2.45) is 22.7 Å². The topological polar surface area (TPSA) is 55.4 Å². The van der Waals surface area contributed by atoms with Crippen LogP contribution in [0.25, 0.3) is 0 Å². The number of benzene rings is 1. The number of anilines is 1. The summed E-state index contributed by atoms with van der Waals surface area (Å²) in [5.41, 5.74) is 3.78. The molecule has 1 aromatic rings. The van der Waals surface area contributed by atoms with Crippen molar-refractivity contribution in [3.8, 4) is 0 Å². The van der Waals surface area contributed by atoms with Crippen LogP contribution in [0.5, 0.6) is 0 Å². The Labute approximate surface area is 178 Å². The Balaban J connectivity index is 1.27. The number of carbonyl (C=O) groups excluding carboxylic acids is 2. The van der Waals surface area contributed by atoms with Gasteiger partial charge >= 0.3 is 5.97 Å². The molecule has 2 fully saturated rings. The first-order valence-electron chi connectivity index (χ1n) is 11.3. The second-order valence-corrected chi connectivity index (χ2v) is 10.3. The number of nitrogens with one attached hydrogen (secondary N) is 1. The lowest BCUT2D eigenvalue weighted by Gasteiger charge is -2.39. The molecule has 0 aromatic heterocycles. The van der Waals surface area contributed by atoms with Gasteiger partial charge < -0.3 is 10.1 Å². The van der Waals surface area contributed by atoms with Crippen LogP contribution in [0.1, 0.15) is 57.4 Å². The second kappa shape index (κ2) is 7.11. The fourth-order valence-electron chi connectivity index (χ4n) is 6.34. The van der Waals surface area contributed by atoms with Gasteiger partial charge in [0, 0.05) is 11.6 Å². The average molecular weight is 406 g/mol. The number of rotatable bonds is 4. The van der Waals surface area contributed by atoms with Gasteiger partial charge in [0.05, 0.1) is 17.4 Å². The SMILES string of the molecule is C=C1CC2COC(=O)C2(Cc2ccc(NC(=O)C3(C)CC4=CC(CCC4)C3)cc2)C1. The first-order chi connectivity index (χ1) is 14.4. The zero-order chi connectivity index (χ0) is 20.9. The highest BCUT2D eigenvalue weighted by Gasteiger charge is 2.55. The molecule has 1 saturated heterocycles. The van der Waals surface area contributed by atoms with Crippen molar-refractivity contribution in [3.05, 3.63) is 53.6 Å². The van der Waals surface area contributed by atoms with Gasteiger partial charge in [0.25, 0.3) is 0 Å². The molecule has 1 aromatic carbocycles. The molecule has 3 aliphatic carbocycles. The van der Waals surface area contributed by atoms with Crippen LogP contribution >= 0.6 is 0 Å². The lowest BCUT2D eigenvalue weighted by atomic mass is 9.66. The zero-order valence-corrected chi connectivity index (χ0v) is 17.8. The Kier molecular flexibility index (Phi) is 4.64. The van der Waals surface area contributed by atoms with E-state index < -0.39 is 5.41 Å². The monoisotopic (exact) mass is 405 g/mol. The molecule has 4 heteroatoms. The van der Waals surface area contributed by atoms with Crippen LogP contribution in [-0.2, 0) is 20.7 Å². The normalized spacial score (nSPS) is 34.9. The Bertz CT molecular complexity index is 930. The summed E-state index contributed by atoms with van der Waals surface area (Å²) in [6, 6.07) is 8.01. The molecule has 5 rings (SSSR count). The molecular formula is C26H31NO3. The number of hydrogen-bond acceptors (Lipinski definition) is 3. The Morgan fingerprint density at radius 2 is 2.07 bits per heavy atom. The van der Waals surface area contributed by atoms with E-state index >= 15 is 0 Å². The third-order valence-electron chi connectivity index (χ3n) is 7.86. The lowest BCUT2D eigenvalue weighted by Crippen LogP contribution is -2.38. The molecule has 4 atom stereocenters. The molecule has 1 N–H and O–H groups in total. The third kappa shape index (κ3) is 3.30. The molecule has 2 bridgehead atoms. The van der Waals surface area contributed by atoms with Gasteiger partial charge in [-0.05, 0) is 75.0 Å². The number of allylic oxidation sites excluding steroid dienone is 3. The summed E-state index contributed by atoms with van der Waals surface area (Å²) in [4.78, 5) is 25.6. The minimum atomic E-state index is -0.442. The maximum atomic E-state index is 13.1. The summed E-state index contributed by atoms with van der Waals surface area (Å²) >= 11 is 0. The first kappa shape index (κ1) is 19.6. The van der Waals surface area contributed by atoms with E-state index in [0.717, 1.165) is 48.9 Å². The maximum absolute atomic E-state index is 13.1. The van der Waals surface area contributed by atoms with E-state index in [1.807, 2.05) is 24.3 Å². The Hall–Kier alpha value is -2.36. The molecular weight excluding hydrogens is 374 g/mol. The van der Waals surface area contributed by atoms with Gasteiger partial charge in [-0.2, -0.15) is 0 Å². The fraction of sp³-hybridized carbons (Fsp3) is 0.538. The summed E-state index contributed by atoms with van der Waals surface area (Å²) in [6.45, 7) is 6.74. The molecule has 4 unspecified atom stereocenters. The quantitative estimate of drug-likeness (QED) is 0.553. The van der Waals surface area contributed by atoms with E-state index in [1.165, 1.54) is 18.4 Å². The van der Waals surface area contributed by atoms with Crippen molar-refractivity contribution in [1.82, 2.24) is 0 Å². The van der Waals surface area contributed by atoms with Crippen molar-refractivity contribution in [1.29, 1.82) is 0 Å². The molecule has 0 radical (unpaired) electrons. The van der Waals surface area contributed by atoms with E-state index in [9.17, 15) is 9.59 Å². The first-order valence-corrected chi connectivity index (χ1v) is 11.3. The number of fused-ring (bicyclic) bond motifs is 2. The van der Waals surface area contributed by atoms with Crippen LogP contribution in [0.2, 0.25) is 0 Å². The van der Waals surface area contributed by atoms with Crippen LogP contribution in [0, 0.1) is 22.7 Å². The Morgan fingerprint density at radius 1 is 1.27 bits per heavy atom. The van der Waals surface area contributed by atoms with Gasteiger partial charge in [0.2, 0.25) is 5.91 Å². The predicted octanol–water partition coefficient (Wildman–Crippen LogP) is 5.20. The summed E-state index contributed by atoms with van der Waals surface area (Å²) in [7, 11) is 0. The van der Waals surface area contributed by atoms with Crippen LogP contribution in [0.4, 0.5) is 5.69 Å². The van der Waals surface area contributed by atoms with Crippen molar-refractivity contribution >= 4 is 17.6 Å². The molecule has 158 valence electrons. The van der Waals surface area contributed by atoms with Crippen molar-refractivity contribution < 1.29 is 14.3 Å². The zero-order valence-electron chi connectivity index (χ0n) is 17.8. The highest BCUT2D eigenvalue weighted by atomic mass is 16.5. The van der Waals surface area contributed by atoms with E-state index in [1.54, 1.807) is 0 Å². The molecule has 1 heterocycles. The third-order valence-corrected chi connectivity index (χ3v) is 7.86. The minimum Gasteiger partial charge on any atom is -0.465 e. The number of carbonyl (C=O) groups is 2. The molecule has 0 spiro atoms. The van der Waals surface area contributed by atoms with Gasteiger partial charge in [-0.15, -0.1) is 0 Å². The minimum absolute atomic E-state index is 0.0754. The Morgan fingerprint density at radius 3 is 2.83 bits per heavy atom. The van der Waals surface area contributed by atoms with E-state index in [2.05, 4.69) is 24.9 Å². The van der Waals surface area contributed by atoms with Gasteiger partial charge in [0.15, 0.2) is 0 Å². The van der Waals surface area contributed by atoms with Gasteiger partial charge in [0.1, 0.15) is 0 Å². The summed E-state index contributed by atoms with van der Waals surface area (Å²) in [5.74, 6) is 0.850. The number of esters is 1. The smallest absolute Gasteiger partial charge is 0.313 e. The van der Waals surface area contributed by atoms with Crippen LogP contribution in [-0.4, -0.2) is 18.5 Å². The van der Waals surface area contributed by atoms with Crippen LogP contribution in [0.3, 0.4) is 0 Å². The number of amides is 1. The van der Waals surface area contributed by atoms with Gasteiger partial charge in [-0.25, -0.2) is 0 Å². The number of cyclic esters (lactones) is 1. The standard InChI is InChI=1S/C26H31NO3/c1-17-10-21-16-30-24(29)26(21,12-17)15-18-6-8-22(9-7-18)27-23(28)25(2)13-19-4-3-5-20(11-19)14-25/h6-9,11,19,21H,1,3-5,10,12-16H2,2H3,(H,27,28). The second-order valence-electron chi connectivity index (χ2n) is 10.3. The average Bonchev–Trinajstić information content (AvgIpc) is 3.17. The van der Waals surface area contributed by atoms with Crippen molar-refractivity contribution in [2.75, 3.05) is 11.9 Å². The van der Waals surface area contributed by atoms with Crippen LogP contribution < -0.4 is 5.32 Å². The molecule has 4 nitrogen and oxygen atoms in total. The maximum Gasteiger partial charge on any atom is 0.313 e. The predicted molar refractivity (Wildman–Crippen MR) is 117 cm³/mol. The van der Waals surface area contributed by atoms with E-state index in [4.69, 9.17) is 4.74 Å². The largest absolute Gasteiger partial charge is 0.465 e. The lowest BCUT2D eigenvalue weighted by molar-refractivity contribution is -0.146. The van der Waals surface area contributed by atoms with Gasteiger partial charge in [-0.3, -0.25) is 9.59 Å². The number of hydrogen-bond donors (Lipinski definition) is 1. The molecule has 1 saturated carbocycles. The van der Waals surface area contributed by atoms with Crippen molar-refractivity contribution in [2.45, 2.75) is 58.3 Å². The van der Waals surface area contributed by atoms with Crippen molar-refractivity contribution in [3.63, 3.8) is 0 Å². The van der Waals surface area contributed by atoms with E-state index in [-0.39, 0.29) is 23.2 Å². The highest BCUT2D eigenvalue weighted by molar-refractivity contribution is 5.95. The van der Waals surface area contributed by atoms with E-state index in [0.29, 0.717) is 18.9 Å². The number of ether oxygens (including phenoxy) is 1. The molecule has 30 heavy (non-hydrogen) atoms.